The normalized spacial score (nSPS) is 15.2. The van der Waals surface area contributed by atoms with E-state index in [9.17, 15) is 19.2 Å². The van der Waals surface area contributed by atoms with E-state index in [2.05, 4.69) is 35.3 Å². The zero-order valence-electron chi connectivity index (χ0n) is 31.2. The molecule has 4 N–H and O–H groups in total. The van der Waals surface area contributed by atoms with Crippen LogP contribution in [0.25, 0.3) is 22.5 Å². The van der Waals surface area contributed by atoms with Crippen LogP contribution >= 0.6 is 0 Å². The zero-order chi connectivity index (χ0) is 39.1. The molecule has 0 bridgehead atoms. The van der Waals surface area contributed by atoms with E-state index in [1.54, 1.807) is 36.5 Å². The van der Waals surface area contributed by atoms with Crippen molar-refractivity contribution in [2.75, 3.05) is 60.8 Å². The van der Waals surface area contributed by atoms with Crippen LogP contribution in [0.5, 0.6) is 23.0 Å². The number of ether oxygens (including phenoxy) is 6. The lowest BCUT2D eigenvalue weighted by Crippen LogP contribution is -2.54. The smallest absolute Gasteiger partial charge is 0.407 e. The Morgan fingerprint density at radius 1 is 0.909 bits per heavy atom. The average Bonchev–Trinajstić information content (AvgIpc) is 3.89. The minimum atomic E-state index is -0.778. The van der Waals surface area contributed by atoms with Crippen LogP contribution in [0.3, 0.4) is 0 Å². The molecule has 2 aliphatic rings. The molecule has 4 amide bonds. The second-order valence-corrected chi connectivity index (χ2v) is 13.1. The fraction of sp³-hybridized carbons (Fsp3) is 0.405. The summed E-state index contributed by atoms with van der Waals surface area (Å²) < 4.78 is 32.7. The van der Waals surface area contributed by atoms with Crippen LogP contribution in [0.2, 0.25) is 0 Å². The number of methoxy groups -OCH3 is 3. The van der Waals surface area contributed by atoms with E-state index < -0.39 is 24.3 Å². The minimum Gasteiger partial charge on any atom is -0.453 e. The van der Waals surface area contributed by atoms with Gasteiger partial charge in [-0.15, -0.1) is 0 Å². The van der Waals surface area contributed by atoms with Gasteiger partial charge in [-0.3, -0.25) is 9.59 Å². The van der Waals surface area contributed by atoms with E-state index >= 15 is 0 Å². The molecule has 4 heterocycles. The number of rotatable bonds is 13. The second kappa shape index (κ2) is 17.3. The van der Waals surface area contributed by atoms with E-state index in [4.69, 9.17) is 23.7 Å². The number of morpholine rings is 1. The van der Waals surface area contributed by atoms with Gasteiger partial charge in [-0.05, 0) is 42.3 Å². The number of aromatic amines is 2. The number of hydrogen-bond donors (Lipinski definition) is 4. The Balaban J connectivity index is 1.13. The number of alkyl carbamates (subject to hydrolysis) is 2. The van der Waals surface area contributed by atoms with Gasteiger partial charge in [-0.1, -0.05) is 13.8 Å². The Bertz CT molecular complexity index is 2010. The molecular weight excluding hydrogens is 716 g/mol. The Kier molecular flexibility index (Phi) is 12.2. The molecule has 55 heavy (non-hydrogen) atoms. The Morgan fingerprint density at radius 3 is 2.20 bits per heavy atom. The molecular formula is C37H44N8O10. The third kappa shape index (κ3) is 8.98. The van der Waals surface area contributed by atoms with Gasteiger partial charge in [-0.2, -0.15) is 0 Å². The van der Waals surface area contributed by atoms with Crippen molar-refractivity contribution in [1.82, 2.24) is 40.4 Å². The van der Waals surface area contributed by atoms with Crippen molar-refractivity contribution in [3.05, 3.63) is 60.4 Å². The summed E-state index contributed by atoms with van der Waals surface area (Å²) in [6.07, 6.45) is 1.99. The highest BCUT2D eigenvalue weighted by molar-refractivity contribution is 5.86. The predicted molar refractivity (Wildman–Crippen MR) is 195 cm³/mol. The Labute approximate surface area is 316 Å². The largest absolute Gasteiger partial charge is 0.453 e. The highest BCUT2D eigenvalue weighted by atomic mass is 16.6. The fourth-order valence-corrected chi connectivity index (χ4v) is 6.14. The maximum Gasteiger partial charge on any atom is 0.407 e. The lowest BCUT2D eigenvalue weighted by molar-refractivity contribution is -0.143. The summed E-state index contributed by atoms with van der Waals surface area (Å²) >= 11 is 0. The van der Waals surface area contributed by atoms with Crippen LogP contribution in [0.15, 0.2) is 48.8 Å². The Hall–Kier alpha value is -6.14. The number of carbonyl (C=O) groups is 4. The molecule has 0 saturated carbocycles. The van der Waals surface area contributed by atoms with Crippen molar-refractivity contribution in [3.8, 4) is 45.5 Å². The number of carbonyl (C=O) groups excluding carboxylic acids is 4. The molecule has 1 fully saturated rings. The third-order valence-corrected chi connectivity index (χ3v) is 9.12. The number of nitrogens with zero attached hydrogens (tertiary/aromatic N) is 4. The van der Waals surface area contributed by atoms with Crippen LogP contribution in [-0.2, 0) is 35.1 Å². The first kappa shape index (κ1) is 38.6. The van der Waals surface area contributed by atoms with Crippen LogP contribution < -0.4 is 20.1 Å². The number of benzene rings is 2. The summed E-state index contributed by atoms with van der Waals surface area (Å²) in [6, 6.07) is 9.76. The molecule has 2 aromatic heterocycles. The molecule has 292 valence electrons. The van der Waals surface area contributed by atoms with Gasteiger partial charge < -0.3 is 58.8 Å². The molecule has 4 aromatic rings. The Morgan fingerprint density at radius 2 is 1.56 bits per heavy atom. The van der Waals surface area contributed by atoms with Gasteiger partial charge in [0.2, 0.25) is 11.8 Å². The minimum absolute atomic E-state index is 0.168. The number of H-pyrrole nitrogens is 2. The SMILES string of the molecule is COCCN(Cc1ncc(-c2ccc3c(c2)Oc2ccc(-c4cnc(C5COCCN5C(=O)C(NC(=O)OC)C(C)C)[nH]4)cc2O3)[nH]1)C(=O)CNC(=O)OC. The maximum absolute atomic E-state index is 13.6. The molecule has 0 spiro atoms. The standard InChI is InChI=1S/C37H44N8O10/c1-21(2)33(43-37(49)52-5)35(47)45-11-13-53-20-26(45)34-39-17-25(42-34)23-7-9-28-30(15-23)55-27-8-6-22(14-29(27)54-28)24-16-38-31(41-24)19-44(10-12-50-3)32(46)18-40-36(48)51-4/h6-9,14-17,21,26,33H,10-13,18-20H2,1-5H3,(H,38,41)(H,39,42)(H,40,48)(H,43,49). The van der Waals surface area contributed by atoms with Crippen LogP contribution in [0.4, 0.5) is 9.59 Å². The van der Waals surface area contributed by atoms with Gasteiger partial charge in [0.1, 0.15) is 30.3 Å². The first-order valence-electron chi connectivity index (χ1n) is 17.6. The lowest BCUT2D eigenvalue weighted by atomic mass is 10.0. The van der Waals surface area contributed by atoms with Gasteiger partial charge in [0.05, 0.1) is 64.4 Å². The van der Waals surface area contributed by atoms with E-state index in [1.807, 2.05) is 38.1 Å². The highest BCUT2D eigenvalue weighted by Gasteiger charge is 2.37. The molecule has 6 rings (SSSR count). The summed E-state index contributed by atoms with van der Waals surface area (Å²) in [7, 11) is 4.03. The van der Waals surface area contributed by atoms with E-state index in [0.717, 1.165) is 11.1 Å². The number of amides is 4. The van der Waals surface area contributed by atoms with E-state index in [0.29, 0.717) is 72.3 Å². The van der Waals surface area contributed by atoms with Gasteiger partial charge >= 0.3 is 12.2 Å². The molecule has 18 heteroatoms. The summed E-state index contributed by atoms with van der Waals surface area (Å²) in [5.41, 5.74) is 2.97. The van der Waals surface area contributed by atoms with Crippen molar-refractivity contribution in [2.24, 2.45) is 5.92 Å². The van der Waals surface area contributed by atoms with Gasteiger partial charge in [0, 0.05) is 31.3 Å². The molecule has 1 saturated heterocycles. The molecule has 0 aliphatic carbocycles. The first-order valence-corrected chi connectivity index (χ1v) is 17.6. The number of hydrogen-bond acceptors (Lipinski definition) is 12. The molecule has 18 nitrogen and oxygen atoms in total. The van der Waals surface area contributed by atoms with Crippen molar-refractivity contribution < 1.29 is 47.6 Å². The molecule has 2 aliphatic heterocycles. The van der Waals surface area contributed by atoms with Crippen molar-refractivity contribution >= 4 is 24.0 Å². The van der Waals surface area contributed by atoms with Crippen molar-refractivity contribution in [3.63, 3.8) is 0 Å². The number of fused-ring (bicyclic) bond motifs is 2. The first-order chi connectivity index (χ1) is 26.6. The van der Waals surface area contributed by atoms with E-state index in [1.165, 1.54) is 19.1 Å². The number of aromatic nitrogens is 4. The van der Waals surface area contributed by atoms with Gasteiger partial charge in [0.25, 0.3) is 0 Å². The second-order valence-electron chi connectivity index (χ2n) is 13.1. The summed E-state index contributed by atoms with van der Waals surface area (Å²) in [5, 5.41) is 5.06. The predicted octanol–water partition coefficient (Wildman–Crippen LogP) is 3.98. The zero-order valence-corrected chi connectivity index (χ0v) is 31.2. The van der Waals surface area contributed by atoms with Crippen LogP contribution in [-0.4, -0.2) is 121 Å². The average molecular weight is 761 g/mol. The molecule has 2 atom stereocenters. The molecule has 0 radical (unpaired) electrons. The number of nitrogens with one attached hydrogen (secondary N) is 4. The highest BCUT2D eigenvalue weighted by Crippen LogP contribution is 2.47. The summed E-state index contributed by atoms with van der Waals surface area (Å²) in [6.45, 7) is 5.20. The summed E-state index contributed by atoms with van der Waals surface area (Å²) in [5.74, 6) is 2.39. The summed E-state index contributed by atoms with van der Waals surface area (Å²) in [4.78, 5) is 68.7. The lowest BCUT2D eigenvalue weighted by Gasteiger charge is -2.37. The van der Waals surface area contributed by atoms with Crippen molar-refractivity contribution in [2.45, 2.75) is 32.5 Å². The monoisotopic (exact) mass is 760 g/mol. The van der Waals surface area contributed by atoms with Crippen LogP contribution in [0, 0.1) is 5.92 Å². The molecule has 2 unspecified atom stereocenters. The van der Waals surface area contributed by atoms with Crippen molar-refractivity contribution in [1.29, 1.82) is 0 Å². The van der Waals surface area contributed by atoms with Gasteiger partial charge in [-0.25, -0.2) is 19.6 Å². The van der Waals surface area contributed by atoms with Crippen LogP contribution in [0.1, 0.15) is 31.5 Å². The number of imidazole rings is 2. The molecule has 2 aromatic carbocycles. The fourth-order valence-electron chi connectivity index (χ4n) is 6.14. The maximum atomic E-state index is 13.6. The quantitative estimate of drug-likeness (QED) is 0.134. The topological polar surface area (TPSA) is 212 Å². The third-order valence-electron chi connectivity index (χ3n) is 9.12. The van der Waals surface area contributed by atoms with E-state index in [-0.39, 0.29) is 37.4 Å². The van der Waals surface area contributed by atoms with Gasteiger partial charge in [0.15, 0.2) is 23.0 Å².